The summed E-state index contributed by atoms with van der Waals surface area (Å²) in [5.41, 5.74) is 4.64. The summed E-state index contributed by atoms with van der Waals surface area (Å²) in [4.78, 5) is 0. The number of benzene rings is 1. The van der Waals surface area contributed by atoms with Crippen LogP contribution in [0.3, 0.4) is 0 Å². The molecule has 1 aliphatic carbocycles. The van der Waals surface area contributed by atoms with Crippen molar-refractivity contribution in [1.29, 1.82) is 0 Å². The van der Waals surface area contributed by atoms with Crippen LogP contribution in [-0.4, -0.2) is 19.7 Å². The first-order valence-corrected chi connectivity index (χ1v) is 7.29. The van der Waals surface area contributed by atoms with E-state index in [1.165, 1.54) is 50.6 Å². The van der Waals surface area contributed by atoms with Gasteiger partial charge in [-0.25, -0.2) is 0 Å². The summed E-state index contributed by atoms with van der Waals surface area (Å²) in [5, 5.41) is 3.61. The quantitative estimate of drug-likeness (QED) is 0.884. The molecule has 0 saturated carbocycles. The number of hydrogen-bond acceptors (Lipinski definition) is 2. The van der Waals surface area contributed by atoms with E-state index in [1.54, 1.807) is 18.2 Å². The van der Waals surface area contributed by atoms with Gasteiger partial charge in [0.2, 0.25) is 0 Å². The molecule has 0 radical (unpaired) electrons. The molecule has 2 aliphatic rings. The first-order valence-electron chi connectivity index (χ1n) is 7.29. The molecule has 1 aromatic rings. The molecule has 1 fully saturated rings. The summed E-state index contributed by atoms with van der Waals surface area (Å²) in [6.07, 6.45) is 8.96. The van der Waals surface area contributed by atoms with E-state index in [0.717, 1.165) is 12.2 Å². The number of rotatable bonds is 3. The maximum Gasteiger partial charge on any atom is 0.122 e. The van der Waals surface area contributed by atoms with E-state index >= 15 is 0 Å². The molecule has 1 N–H and O–H groups in total. The lowest BCUT2D eigenvalue weighted by atomic mass is 9.85. The molecular formula is C16H23NO. The van der Waals surface area contributed by atoms with Crippen LogP contribution in [0.1, 0.15) is 42.4 Å². The van der Waals surface area contributed by atoms with Gasteiger partial charge in [-0.1, -0.05) is 6.07 Å². The Balaban J connectivity index is 1.92. The fraction of sp³-hybridized carbons (Fsp3) is 0.625. The Kier molecular flexibility index (Phi) is 3.55. The minimum Gasteiger partial charge on any atom is -0.496 e. The first-order chi connectivity index (χ1) is 8.88. The standard InChI is InChI=1S/C16H23NO/c1-18-16-9-8-12-5-2-3-7-14(12)15(16)11-13-6-4-10-17-13/h8-9,13,17H,2-7,10-11H2,1H3. The minimum absolute atomic E-state index is 0.660. The molecule has 0 amide bonds. The van der Waals surface area contributed by atoms with Crippen LogP contribution in [0.15, 0.2) is 12.1 Å². The van der Waals surface area contributed by atoms with Crippen molar-refractivity contribution < 1.29 is 4.74 Å². The summed E-state index contributed by atoms with van der Waals surface area (Å²) in [5.74, 6) is 1.10. The third-order valence-electron chi connectivity index (χ3n) is 4.44. The minimum atomic E-state index is 0.660. The average Bonchev–Trinajstić information content (AvgIpc) is 2.92. The summed E-state index contributed by atoms with van der Waals surface area (Å²) < 4.78 is 5.59. The summed E-state index contributed by atoms with van der Waals surface area (Å²) in [7, 11) is 1.80. The van der Waals surface area contributed by atoms with Gasteiger partial charge in [0.05, 0.1) is 7.11 Å². The van der Waals surface area contributed by atoms with Gasteiger partial charge in [0.1, 0.15) is 5.75 Å². The van der Waals surface area contributed by atoms with Crippen molar-refractivity contribution in [3.8, 4) is 5.75 Å². The van der Waals surface area contributed by atoms with Gasteiger partial charge in [0, 0.05) is 6.04 Å². The van der Waals surface area contributed by atoms with Crippen LogP contribution in [0.25, 0.3) is 0 Å². The van der Waals surface area contributed by atoms with Crippen LogP contribution in [-0.2, 0) is 19.3 Å². The van der Waals surface area contributed by atoms with E-state index in [2.05, 4.69) is 17.4 Å². The predicted molar refractivity (Wildman–Crippen MR) is 74.4 cm³/mol. The lowest BCUT2D eigenvalue weighted by molar-refractivity contribution is 0.405. The Morgan fingerprint density at radius 1 is 1.22 bits per heavy atom. The van der Waals surface area contributed by atoms with Gasteiger partial charge in [-0.05, 0) is 74.2 Å². The van der Waals surface area contributed by atoms with Crippen molar-refractivity contribution in [1.82, 2.24) is 5.32 Å². The highest BCUT2D eigenvalue weighted by Gasteiger charge is 2.21. The van der Waals surface area contributed by atoms with E-state index in [9.17, 15) is 0 Å². The number of nitrogens with one attached hydrogen (secondary N) is 1. The Bertz CT molecular complexity index is 421. The molecule has 1 unspecified atom stereocenters. The van der Waals surface area contributed by atoms with Gasteiger partial charge in [-0.3, -0.25) is 0 Å². The van der Waals surface area contributed by atoms with Gasteiger partial charge < -0.3 is 10.1 Å². The molecule has 2 nitrogen and oxygen atoms in total. The Hall–Kier alpha value is -1.02. The van der Waals surface area contributed by atoms with Gasteiger partial charge in [-0.15, -0.1) is 0 Å². The number of hydrogen-bond donors (Lipinski definition) is 1. The number of ether oxygens (including phenoxy) is 1. The lowest BCUT2D eigenvalue weighted by Crippen LogP contribution is -2.25. The average molecular weight is 245 g/mol. The maximum atomic E-state index is 5.59. The topological polar surface area (TPSA) is 21.3 Å². The van der Waals surface area contributed by atoms with Gasteiger partial charge in [-0.2, -0.15) is 0 Å². The zero-order valence-corrected chi connectivity index (χ0v) is 11.3. The van der Waals surface area contributed by atoms with Crippen molar-refractivity contribution in [2.75, 3.05) is 13.7 Å². The van der Waals surface area contributed by atoms with Crippen molar-refractivity contribution in [3.63, 3.8) is 0 Å². The smallest absolute Gasteiger partial charge is 0.122 e. The molecule has 18 heavy (non-hydrogen) atoms. The van der Waals surface area contributed by atoms with E-state index in [4.69, 9.17) is 4.74 Å². The third-order valence-corrected chi connectivity index (χ3v) is 4.44. The van der Waals surface area contributed by atoms with Crippen molar-refractivity contribution in [2.45, 2.75) is 51.0 Å². The molecule has 2 heteroatoms. The zero-order valence-electron chi connectivity index (χ0n) is 11.3. The van der Waals surface area contributed by atoms with Gasteiger partial charge in [0.25, 0.3) is 0 Å². The summed E-state index contributed by atoms with van der Waals surface area (Å²) in [6.45, 7) is 1.18. The molecule has 1 aromatic carbocycles. The summed E-state index contributed by atoms with van der Waals surface area (Å²) >= 11 is 0. The second-order valence-corrected chi connectivity index (χ2v) is 5.59. The van der Waals surface area contributed by atoms with Crippen molar-refractivity contribution in [3.05, 3.63) is 28.8 Å². The maximum absolute atomic E-state index is 5.59. The highest BCUT2D eigenvalue weighted by atomic mass is 16.5. The second kappa shape index (κ2) is 5.31. The fourth-order valence-corrected chi connectivity index (χ4v) is 3.48. The molecule has 1 atom stereocenters. The normalized spacial score (nSPS) is 22.8. The van der Waals surface area contributed by atoms with Crippen molar-refractivity contribution in [2.24, 2.45) is 0 Å². The molecule has 0 bridgehead atoms. The highest BCUT2D eigenvalue weighted by Crippen LogP contribution is 2.32. The van der Waals surface area contributed by atoms with E-state index in [0.29, 0.717) is 6.04 Å². The first kappa shape index (κ1) is 12.0. The van der Waals surface area contributed by atoms with Crippen molar-refractivity contribution >= 4 is 0 Å². The molecule has 1 saturated heterocycles. The molecule has 3 rings (SSSR count). The van der Waals surface area contributed by atoms with Crippen LogP contribution in [0.4, 0.5) is 0 Å². The SMILES string of the molecule is COc1ccc2c(c1CC1CCCN1)CCCC2. The monoisotopic (exact) mass is 245 g/mol. The molecule has 98 valence electrons. The van der Waals surface area contributed by atoms with Crippen LogP contribution in [0, 0.1) is 0 Å². The molecular weight excluding hydrogens is 222 g/mol. The Morgan fingerprint density at radius 3 is 2.89 bits per heavy atom. The molecule has 1 aliphatic heterocycles. The molecule has 1 heterocycles. The lowest BCUT2D eigenvalue weighted by Gasteiger charge is -2.23. The predicted octanol–water partition coefficient (Wildman–Crippen LogP) is 2.87. The number of methoxy groups -OCH3 is 1. The van der Waals surface area contributed by atoms with Gasteiger partial charge >= 0.3 is 0 Å². The van der Waals surface area contributed by atoms with Crippen LogP contribution >= 0.6 is 0 Å². The molecule has 0 spiro atoms. The fourth-order valence-electron chi connectivity index (χ4n) is 3.48. The van der Waals surface area contributed by atoms with E-state index < -0.39 is 0 Å². The van der Waals surface area contributed by atoms with Crippen LogP contribution in [0.2, 0.25) is 0 Å². The largest absolute Gasteiger partial charge is 0.496 e. The third kappa shape index (κ3) is 2.26. The highest BCUT2D eigenvalue weighted by molar-refractivity contribution is 5.47. The van der Waals surface area contributed by atoms with Crippen LogP contribution in [0.5, 0.6) is 5.75 Å². The second-order valence-electron chi connectivity index (χ2n) is 5.59. The Morgan fingerprint density at radius 2 is 2.11 bits per heavy atom. The Labute approximate surface area is 110 Å². The zero-order chi connectivity index (χ0) is 12.4. The summed E-state index contributed by atoms with van der Waals surface area (Å²) in [6, 6.07) is 5.11. The number of fused-ring (bicyclic) bond motifs is 1. The van der Waals surface area contributed by atoms with Gasteiger partial charge in [0.15, 0.2) is 0 Å². The van der Waals surface area contributed by atoms with E-state index in [1.807, 2.05) is 0 Å². The number of aryl methyl sites for hydroxylation is 1. The molecule has 0 aromatic heterocycles. The van der Waals surface area contributed by atoms with E-state index in [-0.39, 0.29) is 0 Å². The van der Waals surface area contributed by atoms with Crippen LogP contribution < -0.4 is 10.1 Å².